The molecule has 0 N–H and O–H groups in total. The zero-order valence-electron chi connectivity index (χ0n) is 8.65. The van der Waals surface area contributed by atoms with Crippen molar-refractivity contribution in [3.63, 3.8) is 0 Å². The van der Waals surface area contributed by atoms with E-state index in [1.54, 1.807) is 0 Å². The molecule has 0 spiro atoms. The monoisotopic (exact) mass is 210 g/mol. The Labute approximate surface area is 87.8 Å². The fourth-order valence-corrected chi connectivity index (χ4v) is 1.09. The molecule has 81 valence electrons. The molecule has 0 heterocycles. The van der Waals surface area contributed by atoms with Crippen LogP contribution < -0.4 is 9.47 Å². The zero-order valence-corrected chi connectivity index (χ0v) is 8.65. The summed E-state index contributed by atoms with van der Waals surface area (Å²) in [5, 5.41) is 10.7. The van der Waals surface area contributed by atoms with Gasteiger partial charge < -0.3 is 9.47 Å². The average molecular weight is 210 g/mol. The number of ether oxygens (including phenoxy) is 2. The van der Waals surface area contributed by atoms with Gasteiger partial charge in [-0.05, 0) is 18.6 Å². The summed E-state index contributed by atoms with van der Waals surface area (Å²) in [7, 11) is 1.44. The first-order valence-electron chi connectivity index (χ1n) is 4.56. The molecule has 0 saturated carbocycles. The van der Waals surface area contributed by atoms with Crippen molar-refractivity contribution in [1.29, 1.82) is 0 Å². The van der Waals surface area contributed by atoms with Crippen LogP contribution in [0.2, 0.25) is 0 Å². The van der Waals surface area contributed by atoms with E-state index in [4.69, 9.17) is 9.47 Å². The first-order valence-corrected chi connectivity index (χ1v) is 4.56. The summed E-state index contributed by atoms with van der Waals surface area (Å²) in [5.74, 6) is 0.501. The molecule has 0 aliphatic carbocycles. The smallest absolute Gasteiger partial charge is 0.315 e. The highest BCUT2D eigenvalue weighted by Crippen LogP contribution is 2.36. The van der Waals surface area contributed by atoms with E-state index in [0.29, 0.717) is 12.4 Å². The highest BCUT2D eigenvalue weighted by atomic mass is 16.6. The Morgan fingerprint density at radius 3 is 2.80 bits per heavy atom. The molecule has 0 unspecified atom stereocenters. The fraction of sp³-hybridized carbons (Fsp3) is 0.400. The molecule has 1 radical (unpaired) electrons. The molecule has 1 aromatic carbocycles. The molecule has 0 aromatic heterocycles. The van der Waals surface area contributed by atoms with E-state index < -0.39 is 4.92 Å². The number of hydrogen-bond donors (Lipinski definition) is 0. The third-order valence-corrected chi connectivity index (χ3v) is 1.76. The summed E-state index contributed by atoms with van der Waals surface area (Å²) in [6, 6.07) is 5.42. The van der Waals surface area contributed by atoms with Gasteiger partial charge in [0.05, 0.1) is 18.6 Å². The highest BCUT2D eigenvalue weighted by Gasteiger charge is 2.19. The quantitative estimate of drug-likeness (QED) is 0.552. The van der Waals surface area contributed by atoms with Crippen LogP contribution in [0.1, 0.15) is 13.3 Å². The van der Waals surface area contributed by atoms with Crippen molar-refractivity contribution in [1.82, 2.24) is 0 Å². The third-order valence-electron chi connectivity index (χ3n) is 1.76. The number of benzene rings is 1. The average Bonchev–Trinajstić information content (AvgIpc) is 2.25. The summed E-state index contributed by atoms with van der Waals surface area (Å²) in [5.41, 5.74) is -0.122. The summed E-state index contributed by atoms with van der Waals surface area (Å²) in [6.07, 6.45) is 0.777. The molecule has 15 heavy (non-hydrogen) atoms. The van der Waals surface area contributed by atoms with Gasteiger partial charge in [-0.25, -0.2) is 0 Å². The minimum atomic E-state index is -0.510. The van der Waals surface area contributed by atoms with Crippen molar-refractivity contribution in [3.05, 3.63) is 28.3 Å². The van der Waals surface area contributed by atoms with Crippen LogP contribution in [-0.2, 0) is 0 Å². The van der Waals surface area contributed by atoms with Crippen LogP contribution in [0, 0.1) is 16.2 Å². The van der Waals surface area contributed by atoms with Gasteiger partial charge >= 0.3 is 5.69 Å². The Morgan fingerprint density at radius 2 is 2.27 bits per heavy atom. The van der Waals surface area contributed by atoms with E-state index in [1.807, 2.05) is 6.92 Å². The summed E-state index contributed by atoms with van der Waals surface area (Å²) in [4.78, 5) is 10.2. The SMILES string of the molecule is CCCOc1c(OC)c[c]cc1[N+](=O)[O-]. The van der Waals surface area contributed by atoms with E-state index >= 15 is 0 Å². The van der Waals surface area contributed by atoms with Crippen LogP contribution in [0.15, 0.2) is 12.1 Å². The van der Waals surface area contributed by atoms with Crippen molar-refractivity contribution in [3.8, 4) is 11.5 Å². The number of methoxy groups -OCH3 is 1. The predicted molar refractivity (Wildman–Crippen MR) is 54.3 cm³/mol. The summed E-state index contributed by atoms with van der Waals surface area (Å²) in [6.45, 7) is 2.34. The molecule has 1 rings (SSSR count). The van der Waals surface area contributed by atoms with Gasteiger partial charge in [-0.15, -0.1) is 0 Å². The molecule has 5 nitrogen and oxygen atoms in total. The van der Waals surface area contributed by atoms with Gasteiger partial charge in [0.2, 0.25) is 5.75 Å². The first-order chi connectivity index (χ1) is 7.20. The van der Waals surface area contributed by atoms with E-state index in [-0.39, 0.29) is 11.4 Å². The Bertz CT molecular complexity index is 351. The summed E-state index contributed by atoms with van der Waals surface area (Å²) >= 11 is 0. The second kappa shape index (κ2) is 5.19. The highest BCUT2D eigenvalue weighted by molar-refractivity contribution is 5.55. The topological polar surface area (TPSA) is 61.6 Å². The lowest BCUT2D eigenvalue weighted by molar-refractivity contribution is -0.386. The first kappa shape index (κ1) is 11.3. The molecule has 5 heteroatoms. The second-order valence-electron chi connectivity index (χ2n) is 2.84. The number of nitro benzene ring substituents is 1. The molecule has 0 fully saturated rings. The van der Waals surface area contributed by atoms with Crippen molar-refractivity contribution < 1.29 is 14.4 Å². The van der Waals surface area contributed by atoms with Crippen molar-refractivity contribution in [2.45, 2.75) is 13.3 Å². The number of hydrogen-bond acceptors (Lipinski definition) is 4. The van der Waals surface area contributed by atoms with Crippen molar-refractivity contribution in [2.75, 3.05) is 13.7 Å². The third kappa shape index (κ3) is 2.59. The largest absolute Gasteiger partial charge is 0.493 e. The normalized spacial score (nSPS) is 9.73. The van der Waals surface area contributed by atoms with E-state index in [0.717, 1.165) is 6.42 Å². The van der Waals surface area contributed by atoms with Gasteiger partial charge in [-0.2, -0.15) is 0 Å². The van der Waals surface area contributed by atoms with Gasteiger partial charge in [0.1, 0.15) is 0 Å². The minimum Gasteiger partial charge on any atom is -0.493 e. The number of nitrogens with zero attached hydrogens (tertiary/aromatic N) is 1. The van der Waals surface area contributed by atoms with Crippen LogP contribution in [0.4, 0.5) is 5.69 Å². The van der Waals surface area contributed by atoms with Gasteiger partial charge in [-0.1, -0.05) is 6.92 Å². The van der Waals surface area contributed by atoms with Crippen LogP contribution in [-0.4, -0.2) is 18.6 Å². The zero-order chi connectivity index (χ0) is 11.3. The van der Waals surface area contributed by atoms with Crippen LogP contribution in [0.25, 0.3) is 0 Å². The van der Waals surface area contributed by atoms with E-state index in [9.17, 15) is 10.1 Å². The van der Waals surface area contributed by atoms with Crippen molar-refractivity contribution in [2.24, 2.45) is 0 Å². The number of rotatable bonds is 5. The van der Waals surface area contributed by atoms with Crippen LogP contribution in [0.5, 0.6) is 11.5 Å². The Hall–Kier alpha value is -1.78. The molecular weight excluding hydrogens is 198 g/mol. The van der Waals surface area contributed by atoms with Crippen LogP contribution >= 0.6 is 0 Å². The Kier molecular flexibility index (Phi) is 3.91. The summed E-state index contributed by atoms with van der Waals surface area (Å²) < 4.78 is 10.3. The molecule has 0 saturated heterocycles. The lowest BCUT2D eigenvalue weighted by atomic mass is 10.2. The number of nitro groups is 1. The molecule has 0 bridgehead atoms. The van der Waals surface area contributed by atoms with Gasteiger partial charge in [-0.3, -0.25) is 10.1 Å². The predicted octanol–water partition coefficient (Wildman–Crippen LogP) is 2.19. The maximum absolute atomic E-state index is 10.7. The maximum Gasteiger partial charge on any atom is 0.315 e. The Morgan fingerprint density at radius 1 is 1.53 bits per heavy atom. The molecule has 1 aromatic rings. The Balaban J connectivity index is 3.08. The van der Waals surface area contributed by atoms with Gasteiger partial charge in [0.15, 0.2) is 5.75 Å². The van der Waals surface area contributed by atoms with Gasteiger partial charge in [0.25, 0.3) is 0 Å². The van der Waals surface area contributed by atoms with E-state index in [2.05, 4.69) is 6.07 Å². The molecule has 0 aliphatic heterocycles. The molecular formula is C10H12NO4. The van der Waals surface area contributed by atoms with Gasteiger partial charge in [0, 0.05) is 6.07 Å². The minimum absolute atomic E-state index is 0.122. The molecule has 0 atom stereocenters. The molecule has 0 amide bonds. The standard InChI is InChI=1S/C10H12NO4/c1-3-7-15-10-8(11(12)13)5-4-6-9(10)14-2/h5-6H,3,7H2,1-2H3. The maximum atomic E-state index is 10.7. The lowest BCUT2D eigenvalue weighted by Gasteiger charge is -2.09. The molecule has 0 aliphatic rings. The lowest BCUT2D eigenvalue weighted by Crippen LogP contribution is -2.01. The fourth-order valence-electron chi connectivity index (χ4n) is 1.09. The van der Waals surface area contributed by atoms with Crippen LogP contribution in [0.3, 0.4) is 0 Å². The van der Waals surface area contributed by atoms with Crippen molar-refractivity contribution >= 4 is 5.69 Å². The second-order valence-corrected chi connectivity index (χ2v) is 2.84. The van der Waals surface area contributed by atoms with E-state index in [1.165, 1.54) is 19.2 Å².